The first-order valence-electron chi connectivity index (χ1n) is 8.28. The van der Waals surface area contributed by atoms with Crippen molar-refractivity contribution in [2.45, 2.75) is 44.8 Å². The van der Waals surface area contributed by atoms with Crippen molar-refractivity contribution in [1.29, 1.82) is 0 Å². The van der Waals surface area contributed by atoms with E-state index in [4.69, 9.17) is 4.74 Å². The van der Waals surface area contributed by atoms with Crippen LogP contribution in [0.25, 0.3) is 0 Å². The lowest BCUT2D eigenvalue weighted by Gasteiger charge is -2.30. The Labute approximate surface area is 129 Å². The van der Waals surface area contributed by atoms with E-state index in [9.17, 15) is 0 Å². The molecule has 0 amide bonds. The summed E-state index contributed by atoms with van der Waals surface area (Å²) in [6.45, 7) is 5.29. The molecule has 1 heterocycles. The molecule has 1 aliphatic rings. The molecule has 0 saturated heterocycles. The number of benzene rings is 1. The van der Waals surface area contributed by atoms with E-state index in [-0.39, 0.29) is 6.10 Å². The fraction of sp³-hybridized carbons (Fsp3) is 0.667. The zero-order valence-electron chi connectivity index (χ0n) is 13.8. The zero-order valence-corrected chi connectivity index (χ0v) is 13.8. The second-order valence-electron chi connectivity index (χ2n) is 6.29. The number of hydrogen-bond donors (Lipinski definition) is 1. The molecule has 0 radical (unpaired) electrons. The summed E-state index contributed by atoms with van der Waals surface area (Å²) in [5.74, 6) is 0. The monoisotopic (exact) mass is 290 g/mol. The maximum Gasteiger partial charge on any atom is 0.0842 e. The van der Waals surface area contributed by atoms with Gasteiger partial charge in [0.15, 0.2) is 0 Å². The normalized spacial score (nSPS) is 19.5. The van der Waals surface area contributed by atoms with Gasteiger partial charge in [0.25, 0.3) is 0 Å². The third-order valence-corrected chi connectivity index (χ3v) is 4.20. The summed E-state index contributed by atoms with van der Waals surface area (Å²) in [6, 6.07) is 9.29. The highest BCUT2D eigenvalue weighted by Gasteiger charge is 2.23. The van der Waals surface area contributed by atoms with E-state index in [1.54, 1.807) is 0 Å². The Morgan fingerprint density at radius 3 is 2.90 bits per heavy atom. The zero-order chi connectivity index (χ0) is 15.1. The van der Waals surface area contributed by atoms with Crippen molar-refractivity contribution in [3.63, 3.8) is 0 Å². The molecule has 2 rings (SSSR count). The van der Waals surface area contributed by atoms with Gasteiger partial charge in [0.2, 0.25) is 0 Å². The van der Waals surface area contributed by atoms with Crippen molar-refractivity contribution in [1.82, 2.24) is 10.2 Å². The number of nitrogens with one attached hydrogen (secondary N) is 1. The lowest BCUT2D eigenvalue weighted by Crippen LogP contribution is -2.35. The average molecular weight is 290 g/mol. The number of fused-ring (bicyclic) bond motifs is 1. The van der Waals surface area contributed by atoms with Crippen LogP contribution in [0.5, 0.6) is 0 Å². The topological polar surface area (TPSA) is 24.5 Å². The molecule has 0 bridgehead atoms. The van der Waals surface area contributed by atoms with Crippen LogP contribution < -0.4 is 5.32 Å². The quantitative estimate of drug-likeness (QED) is 0.796. The lowest BCUT2D eigenvalue weighted by atomic mass is 9.92. The van der Waals surface area contributed by atoms with E-state index in [1.807, 2.05) is 0 Å². The molecule has 2 atom stereocenters. The Hall–Kier alpha value is -0.900. The second-order valence-corrected chi connectivity index (χ2v) is 6.29. The molecule has 1 aromatic rings. The molecule has 3 nitrogen and oxygen atoms in total. The van der Waals surface area contributed by atoms with Gasteiger partial charge < -0.3 is 15.0 Å². The predicted octanol–water partition coefficient (Wildman–Crippen LogP) is 3.01. The van der Waals surface area contributed by atoms with Crippen LogP contribution in [0.2, 0.25) is 0 Å². The van der Waals surface area contributed by atoms with Gasteiger partial charge in [-0.3, -0.25) is 0 Å². The molecule has 0 aliphatic carbocycles. The smallest absolute Gasteiger partial charge is 0.0842 e. The molecule has 0 saturated carbocycles. The summed E-state index contributed by atoms with van der Waals surface area (Å²) in [4.78, 5) is 2.26. The molecule has 0 aromatic heterocycles. The van der Waals surface area contributed by atoms with Crippen molar-refractivity contribution in [2.24, 2.45) is 0 Å². The van der Waals surface area contributed by atoms with Crippen molar-refractivity contribution < 1.29 is 4.74 Å². The third-order valence-electron chi connectivity index (χ3n) is 4.20. The number of nitrogens with zero attached hydrogens (tertiary/aromatic N) is 1. The van der Waals surface area contributed by atoms with Crippen LogP contribution in [-0.2, 0) is 11.2 Å². The van der Waals surface area contributed by atoms with Gasteiger partial charge in [0.05, 0.1) is 12.7 Å². The Morgan fingerprint density at radius 2 is 2.14 bits per heavy atom. The first-order chi connectivity index (χ1) is 10.2. The maximum absolute atomic E-state index is 6.07. The Kier molecular flexibility index (Phi) is 6.68. The molecule has 0 fully saturated rings. The Balaban J connectivity index is 1.99. The highest BCUT2D eigenvalue weighted by atomic mass is 16.5. The highest BCUT2D eigenvalue weighted by molar-refractivity contribution is 5.31. The number of ether oxygens (including phenoxy) is 1. The molecule has 21 heavy (non-hydrogen) atoms. The van der Waals surface area contributed by atoms with E-state index in [0.29, 0.717) is 6.04 Å². The van der Waals surface area contributed by atoms with Crippen LogP contribution in [0.4, 0.5) is 0 Å². The van der Waals surface area contributed by atoms with Gasteiger partial charge in [0.1, 0.15) is 0 Å². The highest BCUT2D eigenvalue weighted by Crippen LogP contribution is 2.30. The molecular weight excluding hydrogens is 260 g/mol. The van der Waals surface area contributed by atoms with Gasteiger partial charge in [0, 0.05) is 6.04 Å². The van der Waals surface area contributed by atoms with Crippen LogP contribution in [0, 0.1) is 0 Å². The third kappa shape index (κ3) is 5.10. The maximum atomic E-state index is 6.07. The van der Waals surface area contributed by atoms with Gasteiger partial charge in [-0.25, -0.2) is 0 Å². The fourth-order valence-electron chi connectivity index (χ4n) is 3.00. The molecule has 1 aromatic carbocycles. The first-order valence-corrected chi connectivity index (χ1v) is 8.28. The average Bonchev–Trinajstić information content (AvgIpc) is 2.50. The van der Waals surface area contributed by atoms with Crippen LogP contribution in [-0.4, -0.2) is 44.7 Å². The summed E-state index contributed by atoms with van der Waals surface area (Å²) in [5, 5.41) is 3.70. The first kappa shape index (κ1) is 16.5. The van der Waals surface area contributed by atoms with Crippen molar-refractivity contribution in [3.8, 4) is 0 Å². The van der Waals surface area contributed by atoms with Gasteiger partial charge in [-0.1, -0.05) is 31.2 Å². The van der Waals surface area contributed by atoms with Crippen LogP contribution >= 0.6 is 0 Å². The molecule has 3 heteroatoms. The molecule has 1 aliphatic heterocycles. The van der Waals surface area contributed by atoms with Crippen LogP contribution in [0.3, 0.4) is 0 Å². The molecule has 118 valence electrons. The van der Waals surface area contributed by atoms with Gasteiger partial charge in [-0.05, 0) is 64.0 Å². The van der Waals surface area contributed by atoms with Crippen molar-refractivity contribution in [3.05, 3.63) is 35.4 Å². The van der Waals surface area contributed by atoms with Gasteiger partial charge in [-0.2, -0.15) is 0 Å². The molecule has 0 spiro atoms. The summed E-state index contributed by atoms with van der Waals surface area (Å²) >= 11 is 0. The largest absolute Gasteiger partial charge is 0.373 e. The summed E-state index contributed by atoms with van der Waals surface area (Å²) < 4.78 is 6.07. The van der Waals surface area contributed by atoms with E-state index in [0.717, 1.165) is 32.5 Å². The molecular formula is C18H30N2O. The van der Waals surface area contributed by atoms with Crippen molar-refractivity contribution in [2.75, 3.05) is 33.8 Å². The van der Waals surface area contributed by atoms with E-state index in [2.05, 4.69) is 55.5 Å². The van der Waals surface area contributed by atoms with E-state index in [1.165, 1.54) is 24.0 Å². The Bertz CT molecular complexity index is 419. The molecule has 2 unspecified atom stereocenters. The summed E-state index contributed by atoms with van der Waals surface area (Å²) in [7, 11) is 4.28. The minimum absolute atomic E-state index is 0.256. The van der Waals surface area contributed by atoms with Crippen LogP contribution in [0.15, 0.2) is 24.3 Å². The van der Waals surface area contributed by atoms with Crippen molar-refractivity contribution >= 4 is 0 Å². The lowest BCUT2D eigenvalue weighted by molar-refractivity contribution is 0.0283. The summed E-state index contributed by atoms with van der Waals surface area (Å²) in [5.41, 5.74) is 2.87. The minimum Gasteiger partial charge on any atom is -0.373 e. The van der Waals surface area contributed by atoms with E-state index < -0.39 is 0 Å². The number of rotatable bonds is 8. The number of hydrogen-bond acceptors (Lipinski definition) is 3. The second kappa shape index (κ2) is 8.52. The van der Waals surface area contributed by atoms with Gasteiger partial charge in [-0.15, -0.1) is 0 Å². The van der Waals surface area contributed by atoms with Crippen LogP contribution in [0.1, 0.15) is 43.4 Å². The molecule has 1 N–H and O–H groups in total. The fourth-order valence-corrected chi connectivity index (χ4v) is 3.00. The Morgan fingerprint density at radius 1 is 1.33 bits per heavy atom. The van der Waals surface area contributed by atoms with Gasteiger partial charge >= 0.3 is 0 Å². The SMILES string of the molecule is CCCNC(CCN(C)C)CC1OCCc2ccccc21. The summed E-state index contributed by atoms with van der Waals surface area (Å²) in [6.07, 6.45) is 4.74. The van der Waals surface area contributed by atoms with E-state index >= 15 is 0 Å². The minimum atomic E-state index is 0.256. The predicted molar refractivity (Wildman–Crippen MR) is 88.7 cm³/mol. The standard InChI is InChI=1S/C18H30N2O/c1-4-11-19-16(9-12-20(2)3)14-18-17-8-6-5-7-15(17)10-13-21-18/h5-8,16,18-19H,4,9-14H2,1-3H3.